The fourth-order valence-corrected chi connectivity index (χ4v) is 5.37. The molecule has 2 atom stereocenters. The van der Waals surface area contributed by atoms with Gasteiger partial charge in [0.2, 0.25) is 0 Å². The van der Waals surface area contributed by atoms with Gasteiger partial charge in [-0.05, 0) is 61.8 Å². The molecule has 5 nitrogen and oxygen atoms in total. The number of hydrogen-bond acceptors (Lipinski definition) is 4. The zero-order valence-corrected chi connectivity index (χ0v) is 22.7. The van der Waals surface area contributed by atoms with Crippen molar-refractivity contribution in [3.05, 3.63) is 81.6 Å². The van der Waals surface area contributed by atoms with E-state index in [1.165, 1.54) is 18.3 Å². The summed E-state index contributed by atoms with van der Waals surface area (Å²) in [6.07, 6.45) is 3.40. The Bertz CT molecular complexity index is 1210. The van der Waals surface area contributed by atoms with Crippen molar-refractivity contribution >= 4 is 56.8 Å². The van der Waals surface area contributed by atoms with E-state index in [-0.39, 0.29) is 16.6 Å². The summed E-state index contributed by atoms with van der Waals surface area (Å²) in [7, 11) is 0. The van der Waals surface area contributed by atoms with Gasteiger partial charge in [-0.15, -0.1) is 0 Å². The molecule has 4 rings (SSSR count). The van der Waals surface area contributed by atoms with Gasteiger partial charge in [0.25, 0.3) is 5.91 Å². The van der Waals surface area contributed by atoms with E-state index in [0.717, 1.165) is 44.1 Å². The van der Waals surface area contributed by atoms with E-state index in [0.29, 0.717) is 10.7 Å². The first-order valence-electron chi connectivity index (χ1n) is 11.7. The van der Waals surface area contributed by atoms with E-state index in [4.69, 9.17) is 23.2 Å². The molecule has 1 fully saturated rings. The van der Waals surface area contributed by atoms with Crippen LogP contribution in [0.15, 0.2) is 65.3 Å². The lowest BCUT2D eigenvalue weighted by Gasteiger charge is -2.36. The highest BCUT2D eigenvalue weighted by Gasteiger charge is 2.42. The average Bonchev–Trinajstić information content (AvgIpc) is 2.86. The molecule has 2 aliphatic heterocycles. The lowest BCUT2D eigenvalue weighted by atomic mass is 9.85. The Labute approximate surface area is 231 Å². The average molecular weight is 616 g/mol. The number of benzene rings is 1. The molecule has 2 unspecified atom stereocenters. The largest absolute Gasteiger partial charge is 0.415 e. The molecule has 0 saturated carbocycles. The summed E-state index contributed by atoms with van der Waals surface area (Å²) in [5, 5.41) is 3.52. The molecule has 0 bridgehead atoms. The maximum absolute atomic E-state index is 13.6. The summed E-state index contributed by atoms with van der Waals surface area (Å²) in [6.45, 7) is 2.28. The number of pyridine rings is 1. The molecule has 2 aliphatic rings. The second-order valence-electron chi connectivity index (χ2n) is 8.86. The third kappa shape index (κ3) is 7.44. The summed E-state index contributed by atoms with van der Waals surface area (Å²) < 4.78 is 40.9. The van der Waals surface area contributed by atoms with Crippen LogP contribution in [0.4, 0.5) is 13.2 Å². The number of alkyl halides is 4. The summed E-state index contributed by atoms with van der Waals surface area (Å²) in [5.74, 6) is -0.605. The van der Waals surface area contributed by atoms with Crippen molar-refractivity contribution in [1.29, 1.82) is 0 Å². The summed E-state index contributed by atoms with van der Waals surface area (Å²) in [5.41, 5.74) is 0.976. The van der Waals surface area contributed by atoms with E-state index in [9.17, 15) is 18.0 Å². The Hall–Kier alpha value is -2.20. The molecular formula is C26H24BrCl2F3N4O. The van der Waals surface area contributed by atoms with Crippen LogP contribution in [0.1, 0.15) is 28.8 Å². The molecule has 37 heavy (non-hydrogen) atoms. The second-order valence-corrected chi connectivity index (χ2v) is 10.5. The van der Waals surface area contributed by atoms with Crippen LogP contribution in [0, 0.1) is 5.92 Å². The summed E-state index contributed by atoms with van der Waals surface area (Å²) in [4.78, 5) is 22.1. The SMILES string of the molecule is O=C(NC1C=C(C(F)(F)F)C(Br)N=C1C1CCN(CC=Cc2ccc(Cl)cc2)CC1)c1ccnc(Cl)c1. The van der Waals surface area contributed by atoms with Gasteiger partial charge in [-0.1, -0.05) is 63.4 Å². The molecule has 1 N–H and O–H groups in total. The Morgan fingerprint density at radius 2 is 1.86 bits per heavy atom. The summed E-state index contributed by atoms with van der Waals surface area (Å²) >= 11 is 14.9. The predicted octanol–water partition coefficient (Wildman–Crippen LogP) is 6.58. The lowest BCUT2D eigenvalue weighted by Crippen LogP contribution is -2.48. The fourth-order valence-electron chi connectivity index (χ4n) is 4.42. The number of hydrogen-bond donors (Lipinski definition) is 1. The number of aliphatic imine (C=N–C) groups is 1. The zero-order chi connectivity index (χ0) is 26.6. The van der Waals surface area contributed by atoms with Crippen LogP contribution >= 0.6 is 39.1 Å². The van der Waals surface area contributed by atoms with Crippen molar-refractivity contribution in [3.63, 3.8) is 0 Å². The van der Waals surface area contributed by atoms with E-state index in [1.807, 2.05) is 30.3 Å². The van der Waals surface area contributed by atoms with Gasteiger partial charge in [0.15, 0.2) is 0 Å². The van der Waals surface area contributed by atoms with Gasteiger partial charge in [-0.25, -0.2) is 4.98 Å². The lowest BCUT2D eigenvalue weighted by molar-refractivity contribution is -0.0934. The number of carbonyl (C=O) groups is 1. The van der Waals surface area contributed by atoms with Crippen molar-refractivity contribution in [2.75, 3.05) is 19.6 Å². The predicted molar refractivity (Wildman–Crippen MR) is 144 cm³/mol. The van der Waals surface area contributed by atoms with Gasteiger partial charge in [0, 0.05) is 35.0 Å². The third-order valence-corrected chi connectivity index (χ3v) is 7.49. The second kappa shape index (κ2) is 12.1. The van der Waals surface area contributed by atoms with Crippen LogP contribution in [0.5, 0.6) is 0 Å². The molecule has 0 aliphatic carbocycles. The molecule has 1 aromatic carbocycles. The van der Waals surface area contributed by atoms with Crippen molar-refractivity contribution in [3.8, 4) is 0 Å². The van der Waals surface area contributed by atoms with Crippen LogP contribution in [0.25, 0.3) is 6.08 Å². The van der Waals surface area contributed by atoms with Gasteiger partial charge >= 0.3 is 6.18 Å². The van der Waals surface area contributed by atoms with E-state index >= 15 is 0 Å². The Balaban J connectivity index is 1.43. The molecule has 0 radical (unpaired) electrons. The fraction of sp³-hybridized carbons (Fsp3) is 0.346. The molecule has 1 amide bonds. The monoisotopic (exact) mass is 614 g/mol. The molecule has 196 valence electrons. The molecule has 3 heterocycles. The number of piperidine rings is 1. The van der Waals surface area contributed by atoms with E-state index in [1.54, 1.807) is 0 Å². The number of likely N-dealkylation sites (tertiary alicyclic amines) is 1. The van der Waals surface area contributed by atoms with E-state index in [2.05, 4.69) is 42.2 Å². The molecule has 0 spiro atoms. The topological polar surface area (TPSA) is 57.6 Å². The number of nitrogens with zero attached hydrogens (tertiary/aromatic N) is 3. The molecule has 1 aromatic heterocycles. The zero-order valence-electron chi connectivity index (χ0n) is 19.6. The first-order valence-corrected chi connectivity index (χ1v) is 13.3. The van der Waals surface area contributed by atoms with Crippen LogP contribution in [-0.2, 0) is 0 Å². The van der Waals surface area contributed by atoms with Gasteiger partial charge in [0.05, 0.1) is 11.6 Å². The maximum atomic E-state index is 13.6. The van der Waals surface area contributed by atoms with Crippen LogP contribution in [-0.4, -0.2) is 58.3 Å². The first-order chi connectivity index (χ1) is 17.6. The highest BCUT2D eigenvalue weighted by Crippen LogP contribution is 2.37. The minimum absolute atomic E-state index is 0.0612. The van der Waals surface area contributed by atoms with Gasteiger partial charge in [-0.3, -0.25) is 14.7 Å². The van der Waals surface area contributed by atoms with Crippen LogP contribution in [0.2, 0.25) is 10.2 Å². The number of aromatic nitrogens is 1. The Kier molecular flexibility index (Phi) is 9.11. The van der Waals surface area contributed by atoms with Gasteiger partial charge < -0.3 is 5.32 Å². The van der Waals surface area contributed by atoms with Crippen molar-refractivity contribution < 1.29 is 18.0 Å². The third-order valence-electron chi connectivity index (χ3n) is 6.34. The van der Waals surface area contributed by atoms with Crippen molar-refractivity contribution in [2.45, 2.75) is 30.0 Å². The van der Waals surface area contributed by atoms with Gasteiger partial charge in [0.1, 0.15) is 10.1 Å². The number of carbonyl (C=O) groups excluding carboxylic acids is 1. The van der Waals surface area contributed by atoms with Crippen LogP contribution < -0.4 is 5.32 Å². The molecule has 2 aromatic rings. The first kappa shape index (κ1) is 27.8. The van der Waals surface area contributed by atoms with Crippen molar-refractivity contribution in [2.24, 2.45) is 10.9 Å². The number of amides is 1. The highest BCUT2D eigenvalue weighted by molar-refractivity contribution is 9.09. The Morgan fingerprint density at radius 3 is 2.51 bits per heavy atom. The number of dihydropyridines is 1. The normalized spacial score (nSPS) is 21.6. The quantitative estimate of drug-likeness (QED) is 0.173. The van der Waals surface area contributed by atoms with Crippen LogP contribution in [0.3, 0.4) is 0 Å². The Morgan fingerprint density at radius 1 is 1.16 bits per heavy atom. The summed E-state index contributed by atoms with van der Waals surface area (Å²) in [6, 6.07) is 9.41. The number of nitrogens with one attached hydrogen (secondary N) is 1. The standard InChI is InChI=1S/C26H24BrCl2F3N4O/c27-24-20(26(30,31)32)15-21(34-25(37)18-7-10-33-22(29)14-18)23(35-24)17-8-12-36(13-9-17)11-1-2-16-3-5-19(28)6-4-16/h1-7,10,14-15,17,21,24H,8-9,11-13H2,(H,34,37). The maximum Gasteiger partial charge on any atom is 0.415 e. The molecule has 11 heteroatoms. The minimum atomic E-state index is -4.58. The van der Waals surface area contributed by atoms with Gasteiger partial charge in [-0.2, -0.15) is 13.2 Å². The molecular weight excluding hydrogens is 592 g/mol. The van der Waals surface area contributed by atoms with E-state index < -0.39 is 28.6 Å². The highest BCUT2D eigenvalue weighted by atomic mass is 79.9. The smallest absolute Gasteiger partial charge is 0.340 e. The minimum Gasteiger partial charge on any atom is -0.340 e. The number of halogens is 6. The van der Waals surface area contributed by atoms with Crippen molar-refractivity contribution in [1.82, 2.24) is 15.2 Å². The number of rotatable bonds is 6. The molecule has 1 saturated heterocycles.